The molecule has 2 aromatic carbocycles. The number of aromatic nitrogens is 1. The molecule has 10 nitrogen and oxygen atoms in total. The van der Waals surface area contributed by atoms with E-state index in [9.17, 15) is 19.5 Å². The fraction of sp³-hybridized carbons (Fsp3) is 0.312. The zero-order valence-corrected chi connectivity index (χ0v) is 25.4. The largest absolute Gasteiger partial charge is 0.507 e. The number of rotatable bonds is 13. The van der Waals surface area contributed by atoms with Gasteiger partial charge in [0.05, 0.1) is 37.6 Å². The lowest BCUT2D eigenvalue weighted by Crippen LogP contribution is -2.29. The average molecular weight is 607 g/mol. The van der Waals surface area contributed by atoms with E-state index < -0.39 is 23.7 Å². The Kier molecular flexibility index (Phi) is 10.2. The Morgan fingerprint density at radius 2 is 1.86 bits per heavy atom. The number of hydrogen-bond donors (Lipinski definition) is 1. The smallest absolute Gasteiger partial charge is 0.350 e. The number of aliphatic hydroxyl groups excluding tert-OH is 1. The lowest BCUT2D eigenvalue weighted by Gasteiger charge is -2.24. The predicted molar refractivity (Wildman–Crippen MR) is 163 cm³/mol. The van der Waals surface area contributed by atoms with E-state index in [1.54, 1.807) is 49.4 Å². The maximum absolute atomic E-state index is 13.6. The highest BCUT2D eigenvalue weighted by Gasteiger charge is 2.48. The first-order valence-electron chi connectivity index (χ1n) is 13.9. The van der Waals surface area contributed by atoms with Gasteiger partial charge in [0.15, 0.2) is 16.6 Å². The van der Waals surface area contributed by atoms with E-state index in [4.69, 9.17) is 18.9 Å². The van der Waals surface area contributed by atoms with Gasteiger partial charge in [0.25, 0.3) is 5.78 Å². The second-order valence-electron chi connectivity index (χ2n) is 9.54. The van der Waals surface area contributed by atoms with Crippen LogP contribution in [0.1, 0.15) is 59.2 Å². The topological polar surface area (TPSA) is 124 Å². The van der Waals surface area contributed by atoms with Gasteiger partial charge < -0.3 is 24.1 Å². The number of amides is 1. The number of thiazole rings is 1. The van der Waals surface area contributed by atoms with Crippen molar-refractivity contribution in [3.05, 3.63) is 82.4 Å². The van der Waals surface area contributed by atoms with Crippen molar-refractivity contribution < 1.29 is 38.4 Å². The number of carbonyl (C=O) groups excluding carboxylic acids is 3. The number of methoxy groups -OCH3 is 1. The van der Waals surface area contributed by atoms with Gasteiger partial charge in [0.1, 0.15) is 23.0 Å². The summed E-state index contributed by atoms with van der Waals surface area (Å²) in [6, 6.07) is 10.6. The Hall–Kier alpha value is -4.64. The molecule has 43 heavy (non-hydrogen) atoms. The molecule has 1 amide bonds. The highest BCUT2D eigenvalue weighted by Crippen LogP contribution is 2.45. The number of benzene rings is 2. The molecule has 0 unspecified atom stereocenters. The number of anilines is 1. The number of unbranched alkanes of at least 4 members (excludes halogenated alkanes) is 1. The van der Waals surface area contributed by atoms with E-state index in [1.165, 1.54) is 18.1 Å². The van der Waals surface area contributed by atoms with Crippen molar-refractivity contribution in [2.45, 2.75) is 39.7 Å². The number of nitrogens with zero attached hydrogens (tertiary/aromatic N) is 2. The molecule has 1 fully saturated rings. The van der Waals surface area contributed by atoms with Crippen molar-refractivity contribution >= 4 is 39.9 Å². The van der Waals surface area contributed by atoms with Crippen molar-refractivity contribution in [1.82, 2.24) is 4.98 Å². The molecule has 1 atom stereocenters. The van der Waals surface area contributed by atoms with E-state index in [-0.39, 0.29) is 27.9 Å². The van der Waals surface area contributed by atoms with Gasteiger partial charge in [-0.25, -0.2) is 9.78 Å². The summed E-state index contributed by atoms with van der Waals surface area (Å²) >= 11 is 0.918. The summed E-state index contributed by atoms with van der Waals surface area (Å²) in [5.41, 5.74) is 0.981. The number of aliphatic hydroxyl groups is 1. The second kappa shape index (κ2) is 14.0. The van der Waals surface area contributed by atoms with Gasteiger partial charge in [0, 0.05) is 5.56 Å². The van der Waals surface area contributed by atoms with Crippen molar-refractivity contribution in [3.63, 3.8) is 0 Å². The molecular weight excluding hydrogens is 572 g/mol. The minimum absolute atomic E-state index is 0.00439. The molecular formula is C32H34N2O8S. The Bertz CT molecular complexity index is 1540. The van der Waals surface area contributed by atoms with Crippen LogP contribution in [0.5, 0.6) is 17.2 Å². The van der Waals surface area contributed by atoms with Crippen molar-refractivity contribution in [3.8, 4) is 17.2 Å². The quantitative estimate of drug-likeness (QED) is 0.0622. The van der Waals surface area contributed by atoms with Gasteiger partial charge in [0.2, 0.25) is 0 Å². The Morgan fingerprint density at radius 3 is 2.51 bits per heavy atom. The summed E-state index contributed by atoms with van der Waals surface area (Å²) in [7, 11) is 1.48. The number of esters is 1. The van der Waals surface area contributed by atoms with Crippen LogP contribution in [0.2, 0.25) is 0 Å². The molecule has 1 saturated heterocycles. The first kappa shape index (κ1) is 31.3. The van der Waals surface area contributed by atoms with Crippen molar-refractivity contribution in [1.29, 1.82) is 0 Å². The van der Waals surface area contributed by atoms with Crippen LogP contribution in [0.3, 0.4) is 0 Å². The number of aryl methyl sites for hydroxylation is 1. The standard InChI is InChI=1S/C32H34N2O8S/c1-6-9-17-41-22-13-10-20(11-14-22)27(35)25-26(21-12-15-23(40-8-3)24(18-21)39-5)34(30(37)28(25)36)32-33-19(4)29(43-32)31(38)42-16-7-2/h7,10-15,18,26,35H,2,6,8-9,16-17H2,1,3-5H3/t26-/m1/s1. The fourth-order valence-corrected chi connectivity index (χ4v) is 5.54. The average Bonchev–Trinajstić information content (AvgIpc) is 3.52. The van der Waals surface area contributed by atoms with Crippen LogP contribution in [0.15, 0.2) is 60.7 Å². The van der Waals surface area contributed by atoms with Crippen LogP contribution in [-0.4, -0.2) is 54.7 Å². The zero-order valence-electron chi connectivity index (χ0n) is 24.5. The van der Waals surface area contributed by atoms with Crippen LogP contribution in [0.4, 0.5) is 5.13 Å². The van der Waals surface area contributed by atoms with Crippen LogP contribution >= 0.6 is 11.3 Å². The van der Waals surface area contributed by atoms with E-state index in [0.29, 0.717) is 47.3 Å². The first-order valence-corrected chi connectivity index (χ1v) is 14.7. The third kappa shape index (κ3) is 6.56. The van der Waals surface area contributed by atoms with Gasteiger partial charge in [-0.3, -0.25) is 14.5 Å². The minimum atomic E-state index is -1.09. The molecule has 11 heteroatoms. The molecule has 0 spiro atoms. The number of hydrogen-bond acceptors (Lipinski definition) is 10. The van der Waals surface area contributed by atoms with Crippen LogP contribution < -0.4 is 19.1 Å². The number of carbonyl (C=O) groups is 3. The maximum atomic E-state index is 13.6. The molecule has 0 radical (unpaired) electrons. The number of ketones is 1. The first-order chi connectivity index (χ1) is 20.7. The van der Waals surface area contributed by atoms with Gasteiger partial charge in [-0.2, -0.15) is 0 Å². The highest BCUT2D eigenvalue weighted by atomic mass is 32.1. The molecule has 1 aliphatic rings. The van der Waals surface area contributed by atoms with Gasteiger partial charge in [-0.05, 0) is 62.2 Å². The summed E-state index contributed by atoms with van der Waals surface area (Å²) in [6.07, 6.45) is 3.34. The summed E-state index contributed by atoms with van der Waals surface area (Å²) in [6.45, 7) is 10.0. The van der Waals surface area contributed by atoms with Gasteiger partial charge >= 0.3 is 11.9 Å². The van der Waals surface area contributed by atoms with E-state index in [1.807, 2.05) is 6.92 Å². The molecule has 0 aliphatic carbocycles. The van der Waals surface area contributed by atoms with Crippen molar-refractivity contribution in [2.75, 3.05) is 31.8 Å². The van der Waals surface area contributed by atoms with Gasteiger partial charge in [-0.15, -0.1) is 0 Å². The lowest BCUT2D eigenvalue weighted by molar-refractivity contribution is -0.132. The summed E-state index contributed by atoms with van der Waals surface area (Å²) in [5.74, 6) is -1.33. The molecule has 0 bridgehead atoms. The van der Waals surface area contributed by atoms with Crippen LogP contribution in [0, 0.1) is 6.92 Å². The molecule has 1 N–H and O–H groups in total. The zero-order chi connectivity index (χ0) is 31.1. The van der Waals surface area contributed by atoms with Gasteiger partial charge in [-0.1, -0.05) is 43.4 Å². The van der Waals surface area contributed by atoms with Crippen LogP contribution in [0.25, 0.3) is 5.76 Å². The van der Waals surface area contributed by atoms with Crippen LogP contribution in [-0.2, 0) is 14.3 Å². The Morgan fingerprint density at radius 1 is 1.12 bits per heavy atom. The molecule has 1 aromatic heterocycles. The summed E-state index contributed by atoms with van der Waals surface area (Å²) in [5, 5.41) is 11.6. The van der Waals surface area contributed by atoms with E-state index in [0.717, 1.165) is 24.2 Å². The van der Waals surface area contributed by atoms with Crippen molar-refractivity contribution in [2.24, 2.45) is 0 Å². The minimum Gasteiger partial charge on any atom is -0.507 e. The Labute approximate surface area is 254 Å². The molecule has 0 saturated carbocycles. The normalized spacial score (nSPS) is 15.8. The summed E-state index contributed by atoms with van der Waals surface area (Å²) < 4.78 is 22.1. The highest BCUT2D eigenvalue weighted by molar-refractivity contribution is 7.17. The third-order valence-corrected chi connectivity index (χ3v) is 7.79. The molecule has 3 aromatic rings. The Balaban J connectivity index is 1.85. The lowest BCUT2D eigenvalue weighted by atomic mass is 9.95. The second-order valence-corrected chi connectivity index (χ2v) is 10.5. The monoisotopic (exact) mass is 606 g/mol. The molecule has 226 valence electrons. The number of Topliss-reactive ketones (excluding diaryl/α,β-unsaturated/α-hetero) is 1. The number of ether oxygens (including phenoxy) is 4. The summed E-state index contributed by atoms with van der Waals surface area (Å²) in [4.78, 5) is 45.7. The fourth-order valence-electron chi connectivity index (χ4n) is 4.55. The SMILES string of the molecule is C=CCOC(=O)c1sc(N2C(=O)C(=O)C(=C(O)c3ccc(OCCCC)cc3)[C@H]2c2ccc(OCC)c(OC)c2)nc1C. The maximum Gasteiger partial charge on any atom is 0.350 e. The molecule has 4 rings (SSSR count). The third-order valence-electron chi connectivity index (χ3n) is 6.65. The predicted octanol–water partition coefficient (Wildman–Crippen LogP) is 6.01. The molecule has 2 heterocycles. The molecule has 1 aliphatic heterocycles. The van der Waals surface area contributed by atoms with E-state index >= 15 is 0 Å². The van der Waals surface area contributed by atoms with E-state index in [2.05, 4.69) is 18.5 Å².